The molecule has 0 unspecified atom stereocenters. The molecule has 0 aliphatic carbocycles. The molecule has 1 rings (SSSR count). The SMILES string of the molecule is COc1cc(Br)ccc1CO[Si](C)(C)C(C)(C)C. The Kier molecular flexibility index (Phi) is 5.03. The first-order chi connectivity index (χ1) is 8.17. The van der Waals surface area contributed by atoms with E-state index in [2.05, 4.69) is 55.9 Å². The summed E-state index contributed by atoms with van der Waals surface area (Å²) in [6, 6.07) is 6.05. The average molecular weight is 331 g/mol. The number of halogens is 1. The molecule has 0 bridgehead atoms. The second-order valence-electron chi connectivity index (χ2n) is 6.01. The van der Waals surface area contributed by atoms with Crippen molar-refractivity contribution >= 4 is 24.2 Å². The standard InChI is InChI=1S/C14H23BrO2Si/c1-14(2,3)18(5,6)17-10-11-7-8-12(15)9-13(11)16-4/h7-9H,10H2,1-6H3. The fourth-order valence-corrected chi connectivity index (χ4v) is 2.60. The van der Waals surface area contributed by atoms with Gasteiger partial charge in [0.05, 0.1) is 13.7 Å². The largest absolute Gasteiger partial charge is 0.496 e. The van der Waals surface area contributed by atoms with E-state index in [1.54, 1.807) is 7.11 Å². The second-order valence-corrected chi connectivity index (χ2v) is 11.7. The van der Waals surface area contributed by atoms with Crippen LogP contribution in [0.4, 0.5) is 0 Å². The molecule has 0 radical (unpaired) electrons. The molecule has 102 valence electrons. The van der Waals surface area contributed by atoms with Crippen molar-refractivity contribution in [2.45, 2.75) is 45.5 Å². The molecule has 4 heteroatoms. The van der Waals surface area contributed by atoms with Crippen LogP contribution < -0.4 is 4.74 Å². The van der Waals surface area contributed by atoms with Crippen LogP contribution in [0.5, 0.6) is 5.75 Å². The smallest absolute Gasteiger partial charge is 0.192 e. The molecular formula is C14H23BrO2Si. The normalized spacial score (nSPS) is 12.6. The minimum absolute atomic E-state index is 0.232. The van der Waals surface area contributed by atoms with Crippen LogP contribution in [-0.4, -0.2) is 15.4 Å². The van der Waals surface area contributed by atoms with E-state index in [4.69, 9.17) is 9.16 Å². The van der Waals surface area contributed by atoms with E-state index < -0.39 is 8.32 Å². The molecule has 0 atom stereocenters. The zero-order chi connectivity index (χ0) is 14.0. The number of benzene rings is 1. The van der Waals surface area contributed by atoms with Crippen LogP contribution >= 0.6 is 15.9 Å². The van der Waals surface area contributed by atoms with Crippen LogP contribution in [0.2, 0.25) is 18.1 Å². The summed E-state index contributed by atoms with van der Waals surface area (Å²) in [5, 5.41) is 0.232. The summed E-state index contributed by atoms with van der Waals surface area (Å²) in [6.07, 6.45) is 0. The highest BCUT2D eigenvalue weighted by molar-refractivity contribution is 9.10. The highest BCUT2D eigenvalue weighted by atomic mass is 79.9. The van der Waals surface area contributed by atoms with E-state index in [1.807, 2.05) is 12.1 Å². The summed E-state index contributed by atoms with van der Waals surface area (Å²) in [5.74, 6) is 0.878. The van der Waals surface area contributed by atoms with Crippen molar-refractivity contribution in [1.29, 1.82) is 0 Å². The van der Waals surface area contributed by atoms with Gasteiger partial charge in [-0.25, -0.2) is 0 Å². The maximum Gasteiger partial charge on any atom is 0.192 e. The van der Waals surface area contributed by atoms with Gasteiger partial charge in [-0.3, -0.25) is 0 Å². The zero-order valence-corrected chi connectivity index (χ0v) is 14.7. The number of hydrogen-bond acceptors (Lipinski definition) is 2. The molecule has 1 aromatic carbocycles. The van der Waals surface area contributed by atoms with Gasteiger partial charge >= 0.3 is 0 Å². The molecule has 0 amide bonds. The van der Waals surface area contributed by atoms with E-state index >= 15 is 0 Å². The Morgan fingerprint density at radius 2 is 1.83 bits per heavy atom. The summed E-state index contributed by atoms with van der Waals surface area (Å²) in [7, 11) is -0.0122. The first-order valence-electron chi connectivity index (χ1n) is 6.14. The predicted octanol–water partition coefficient (Wildman–Crippen LogP) is 4.98. The lowest BCUT2D eigenvalue weighted by atomic mass is 10.2. The van der Waals surface area contributed by atoms with Gasteiger partial charge in [0, 0.05) is 10.0 Å². The number of rotatable bonds is 4. The van der Waals surface area contributed by atoms with Gasteiger partial charge in [0.2, 0.25) is 0 Å². The lowest BCUT2D eigenvalue weighted by Gasteiger charge is -2.36. The minimum Gasteiger partial charge on any atom is -0.496 e. The second kappa shape index (κ2) is 5.76. The van der Waals surface area contributed by atoms with E-state index in [1.165, 1.54) is 0 Å². The lowest BCUT2D eigenvalue weighted by Crippen LogP contribution is -2.40. The number of methoxy groups -OCH3 is 1. The summed E-state index contributed by atoms with van der Waals surface area (Å²) < 4.78 is 12.6. The fraction of sp³-hybridized carbons (Fsp3) is 0.571. The first kappa shape index (κ1) is 15.7. The fourth-order valence-electron chi connectivity index (χ4n) is 1.31. The van der Waals surface area contributed by atoms with Gasteiger partial charge in [-0.05, 0) is 30.3 Å². The Morgan fingerprint density at radius 1 is 1.22 bits per heavy atom. The van der Waals surface area contributed by atoms with Crippen LogP contribution in [0.1, 0.15) is 26.3 Å². The molecule has 0 aliphatic rings. The van der Waals surface area contributed by atoms with Gasteiger partial charge in [0.15, 0.2) is 8.32 Å². The van der Waals surface area contributed by atoms with Crippen molar-refractivity contribution in [3.63, 3.8) is 0 Å². The third kappa shape index (κ3) is 3.83. The average Bonchev–Trinajstić information content (AvgIpc) is 2.25. The van der Waals surface area contributed by atoms with Crippen molar-refractivity contribution < 1.29 is 9.16 Å². The Bertz CT molecular complexity index is 411. The van der Waals surface area contributed by atoms with Crippen molar-refractivity contribution in [1.82, 2.24) is 0 Å². The highest BCUT2D eigenvalue weighted by Crippen LogP contribution is 2.37. The predicted molar refractivity (Wildman–Crippen MR) is 82.7 cm³/mol. The van der Waals surface area contributed by atoms with Crippen LogP contribution in [-0.2, 0) is 11.0 Å². The Morgan fingerprint density at radius 3 is 2.33 bits per heavy atom. The zero-order valence-electron chi connectivity index (χ0n) is 12.1. The van der Waals surface area contributed by atoms with E-state index in [-0.39, 0.29) is 5.04 Å². The monoisotopic (exact) mass is 330 g/mol. The Hall–Kier alpha value is -0.323. The maximum absolute atomic E-state index is 6.21. The lowest BCUT2D eigenvalue weighted by molar-refractivity contribution is 0.269. The van der Waals surface area contributed by atoms with Gasteiger partial charge in [-0.1, -0.05) is 42.8 Å². The summed E-state index contributed by atoms with van der Waals surface area (Å²) in [6.45, 7) is 11.9. The molecule has 0 aromatic heterocycles. The highest BCUT2D eigenvalue weighted by Gasteiger charge is 2.37. The molecule has 0 fully saturated rings. The van der Waals surface area contributed by atoms with Gasteiger partial charge < -0.3 is 9.16 Å². The molecular weight excluding hydrogens is 308 g/mol. The van der Waals surface area contributed by atoms with Crippen LogP contribution in [0.15, 0.2) is 22.7 Å². The molecule has 0 saturated carbocycles. The van der Waals surface area contributed by atoms with Gasteiger partial charge in [-0.15, -0.1) is 0 Å². The molecule has 1 aromatic rings. The van der Waals surface area contributed by atoms with Crippen LogP contribution in [0.25, 0.3) is 0 Å². The number of hydrogen-bond donors (Lipinski definition) is 0. The van der Waals surface area contributed by atoms with Crippen molar-refractivity contribution in [2.24, 2.45) is 0 Å². The van der Waals surface area contributed by atoms with Crippen LogP contribution in [0.3, 0.4) is 0 Å². The summed E-state index contributed by atoms with van der Waals surface area (Å²) in [5.41, 5.74) is 1.10. The van der Waals surface area contributed by atoms with Crippen molar-refractivity contribution in [3.8, 4) is 5.75 Å². The van der Waals surface area contributed by atoms with E-state index in [9.17, 15) is 0 Å². The molecule has 0 saturated heterocycles. The Labute approximate surface area is 120 Å². The minimum atomic E-state index is -1.70. The number of ether oxygens (including phenoxy) is 1. The van der Waals surface area contributed by atoms with Gasteiger partial charge in [-0.2, -0.15) is 0 Å². The molecule has 2 nitrogen and oxygen atoms in total. The Balaban J connectivity index is 2.81. The van der Waals surface area contributed by atoms with Gasteiger partial charge in [0.1, 0.15) is 5.75 Å². The van der Waals surface area contributed by atoms with E-state index in [0.717, 1.165) is 15.8 Å². The van der Waals surface area contributed by atoms with Crippen LogP contribution in [0, 0.1) is 0 Å². The van der Waals surface area contributed by atoms with Crippen molar-refractivity contribution in [3.05, 3.63) is 28.2 Å². The molecule has 0 spiro atoms. The third-order valence-corrected chi connectivity index (χ3v) is 8.62. The molecule has 0 heterocycles. The molecule has 18 heavy (non-hydrogen) atoms. The molecule has 0 N–H and O–H groups in total. The van der Waals surface area contributed by atoms with E-state index in [0.29, 0.717) is 6.61 Å². The summed E-state index contributed by atoms with van der Waals surface area (Å²) >= 11 is 3.45. The molecule has 0 aliphatic heterocycles. The quantitative estimate of drug-likeness (QED) is 0.725. The van der Waals surface area contributed by atoms with Gasteiger partial charge in [0.25, 0.3) is 0 Å². The first-order valence-corrected chi connectivity index (χ1v) is 9.84. The summed E-state index contributed by atoms with van der Waals surface area (Å²) in [4.78, 5) is 0. The topological polar surface area (TPSA) is 18.5 Å². The third-order valence-electron chi connectivity index (χ3n) is 3.64. The maximum atomic E-state index is 6.21. The van der Waals surface area contributed by atoms with Crippen molar-refractivity contribution in [2.75, 3.05) is 7.11 Å².